The summed E-state index contributed by atoms with van der Waals surface area (Å²) < 4.78 is 8.75. The van der Waals surface area contributed by atoms with Crippen molar-refractivity contribution in [3.05, 3.63) is 169 Å². The van der Waals surface area contributed by atoms with Gasteiger partial charge < -0.3 is 4.42 Å². The molecule has 7 aromatic carbocycles. The third-order valence-electron chi connectivity index (χ3n) is 11.1. The Morgan fingerprint density at radius 1 is 0.453 bits per heavy atom. The molecule has 10 aromatic rings. The first kappa shape index (κ1) is 29.8. The molecule has 0 saturated heterocycles. The Morgan fingerprint density at radius 2 is 1.13 bits per heavy atom. The highest BCUT2D eigenvalue weighted by atomic mass is 16.3. The van der Waals surface area contributed by atoms with Crippen LogP contribution in [0.3, 0.4) is 0 Å². The average Bonchev–Trinajstić information content (AvgIpc) is 3.83. The van der Waals surface area contributed by atoms with Gasteiger partial charge in [-0.05, 0) is 69.8 Å². The standard InChI is InChI=1S/C48H32N4O/c1-48(2)39-23-9-6-18-32(39)37-27-38-33-19-7-10-24-41(33)52(42(38)28-40(37)48)47-50-45(31-17-12-16-30(26-31)29-14-4-3-5-15-29)49-46(51-47)36-22-13-21-35-34-20-8-11-25-43(34)53-44(35)36/h3-28H,1-2H3. The first-order chi connectivity index (χ1) is 26.0. The lowest BCUT2D eigenvalue weighted by Crippen LogP contribution is -2.15. The van der Waals surface area contributed by atoms with E-state index in [1.807, 2.05) is 30.3 Å². The highest BCUT2D eigenvalue weighted by molar-refractivity contribution is 6.12. The summed E-state index contributed by atoms with van der Waals surface area (Å²) in [6.45, 7) is 4.65. The molecule has 0 amide bonds. The molecule has 0 atom stereocenters. The Labute approximate surface area is 305 Å². The van der Waals surface area contributed by atoms with E-state index < -0.39 is 0 Å². The number of fused-ring (bicyclic) bond motifs is 9. The van der Waals surface area contributed by atoms with Gasteiger partial charge in [0.15, 0.2) is 11.6 Å². The van der Waals surface area contributed by atoms with Crippen LogP contribution in [-0.4, -0.2) is 19.5 Å². The minimum atomic E-state index is -0.161. The van der Waals surface area contributed by atoms with Gasteiger partial charge in [-0.15, -0.1) is 0 Å². The van der Waals surface area contributed by atoms with Crippen LogP contribution in [0.1, 0.15) is 25.0 Å². The Bertz CT molecular complexity index is 3100. The molecule has 1 aliphatic rings. The fourth-order valence-corrected chi connectivity index (χ4v) is 8.48. The third kappa shape index (κ3) is 4.40. The van der Waals surface area contributed by atoms with Crippen molar-refractivity contribution < 1.29 is 4.42 Å². The van der Waals surface area contributed by atoms with Crippen molar-refractivity contribution in [3.63, 3.8) is 0 Å². The molecule has 250 valence electrons. The molecule has 3 heterocycles. The molecule has 0 saturated carbocycles. The lowest BCUT2D eigenvalue weighted by molar-refractivity contribution is 0.661. The van der Waals surface area contributed by atoms with Gasteiger partial charge in [0.2, 0.25) is 5.95 Å². The molecule has 1 aliphatic carbocycles. The zero-order valence-corrected chi connectivity index (χ0v) is 29.2. The van der Waals surface area contributed by atoms with Crippen LogP contribution in [0.2, 0.25) is 0 Å². The molecule has 53 heavy (non-hydrogen) atoms. The lowest BCUT2D eigenvalue weighted by atomic mass is 9.82. The molecule has 3 aromatic heterocycles. The molecule has 0 N–H and O–H groups in total. The number of aromatic nitrogens is 4. The molecule has 5 heteroatoms. The summed E-state index contributed by atoms with van der Waals surface area (Å²) >= 11 is 0. The van der Waals surface area contributed by atoms with Crippen LogP contribution in [0.5, 0.6) is 0 Å². The second-order valence-electron chi connectivity index (χ2n) is 14.4. The molecule has 0 fully saturated rings. The predicted octanol–water partition coefficient (Wildman–Crippen LogP) is 12.2. The SMILES string of the molecule is CC1(C)c2ccccc2-c2cc3c4ccccc4n(-c4nc(-c5cccc(-c6ccccc6)c5)nc(-c5cccc6c5oc5ccccc56)n4)c3cc21. The predicted molar refractivity (Wildman–Crippen MR) is 215 cm³/mol. The third-order valence-corrected chi connectivity index (χ3v) is 11.1. The summed E-state index contributed by atoms with van der Waals surface area (Å²) in [5, 5.41) is 4.42. The van der Waals surface area contributed by atoms with Crippen molar-refractivity contribution in [2.24, 2.45) is 0 Å². The summed E-state index contributed by atoms with van der Waals surface area (Å²) in [5.41, 5.74) is 12.7. The van der Waals surface area contributed by atoms with E-state index in [0.29, 0.717) is 17.6 Å². The monoisotopic (exact) mass is 680 g/mol. The maximum absolute atomic E-state index is 6.53. The van der Waals surface area contributed by atoms with Crippen molar-refractivity contribution in [2.75, 3.05) is 0 Å². The molecular formula is C48H32N4O. The first-order valence-corrected chi connectivity index (χ1v) is 18.0. The van der Waals surface area contributed by atoms with Gasteiger partial charge >= 0.3 is 0 Å². The number of para-hydroxylation sites is 3. The van der Waals surface area contributed by atoms with Crippen molar-refractivity contribution in [3.8, 4) is 51.0 Å². The Balaban J connectivity index is 1.21. The fourth-order valence-electron chi connectivity index (χ4n) is 8.48. The zero-order chi connectivity index (χ0) is 35.3. The quantitative estimate of drug-likeness (QED) is 0.186. The van der Waals surface area contributed by atoms with E-state index in [-0.39, 0.29) is 5.41 Å². The highest BCUT2D eigenvalue weighted by Crippen LogP contribution is 2.51. The van der Waals surface area contributed by atoms with E-state index >= 15 is 0 Å². The van der Waals surface area contributed by atoms with Crippen molar-refractivity contribution >= 4 is 43.7 Å². The van der Waals surface area contributed by atoms with E-state index in [1.165, 1.54) is 27.6 Å². The van der Waals surface area contributed by atoms with Gasteiger partial charge in [0, 0.05) is 32.5 Å². The summed E-state index contributed by atoms with van der Waals surface area (Å²) in [6.07, 6.45) is 0. The second-order valence-corrected chi connectivity index (χ2v) is 14.4. The van der Waals surface area contributed by atoms with Crippen LogP contribution in [0.4, 0.5) is 0 Å². The van der Waals surface area contributed by atoms with E-state index in [2.05, 4.69) is 146 Å². The lowest BCUT2D eigenvalue weighted by Gasteiger charge is -2.21. The van der Waals surface area contributed by atoms with Crippen molar-refractivity contribution in [2.45, 2.75) is 19.3 Å². The van der Waals surface area contributed by atoms with Crippen LogP contribution in [0, 0.1) is 0 Å². The topological polar surface area (TPSA) is 56.7 Å². The van der Waals surface area contributed by atoms with Gasteiger partial charge in [0.05, 0.1) is 16.6 Å². The van der Waals surface area contributed by atoms with Gasteiger partial charge in [-0.1, -0.05) is 135 Å². The van der Waals surface area contributed by atoms with E-state index in [4.69, 9.17) is 19.4 Å². The molecular weight excluding hydrogens is 649 g/mol. The molecule has 0 spiro atoms. The second kappa shape index (κ2) is 11.1. The van der Waals surface area contributed by atoms with Crippen LogP contribution in [0.25, 0.3) is 94.7 Å². The van der Waals surface area contributed by atoms with Gasteiger partial charge in [-0.25, -0.2) is 4.98 Å². The van der Waals surface area contributed by atoms with E-state index in [0.717, 1.165) is 60.6 Å². The largest absolute Gasteiger partial charge is 0.455 e. The maximum atomic E-state index is 6.53. The number of furan rings is 1. The smallest absolute Gasteiger partial charge is 0.238 e. The Morgan fingerprint density at radius 3 is 2.04 bits per heavy atom. The van der Waals surface area contributed by atoms with Crippen LogP contribution in [0.15, 0.2) is 162 Å². The number of nitrogens with zero attached hydrogens (tertiary/aromatic N) is 4. The normalized spacial score (nSPS) is 13.2. The van der Waals surface area contributed by atoms with Crippen molar-refractivity contribution in [1.82, 2.24) is 19.5 Å². The van der Waals surface area contributed by atoms with Gasteiger partial charge in [-0.3, -0.25) is 4.57 Å². The first-order valence-electron chi connectivity index (χ1n) is 18.0. The fraction of sp³-hybridized carbons (Fsp3) is 0.0625. The summed E-state index contributed by atoms with van der Waals surface area (Å²) in [4.78, 5) is 15.8. The van der Waals surface area contributed by atoms with E-state index in [9.17, 15) is 0 Å². The molecule has 11 rings (SSSR count). The minimum Gasteiger partial charge on any atom is -0.455 e. The molecule has 0 radical (unpaired) electrons. The number of hydrogen-bond donors (Lipinski definition) is 0. The summed E-state index contributed by atoms with van der Waals surface area (Å²) in [5.74, 6) is 1.71. The van der Waals surface area contributed by atoms with Gasteiger partial charge in [0.1, 0.15) is 11.2 Å². The number of rotatable bonds is 4. The highest BCUT2D eigenvalue weighted by Gasteiger charge is 2.36. The number of benzene rings is 7. The van der Waals surface area contributed by atoms with Gasteiger partial charge in [0.25, 0.3) is 0 Å². The Kier molecular flexibility index (Phi) is 6.23. The van der Waals surface area contributed by atoms with Crippen molar-refractivity contribution in [1.29, 1.82) is 0 Å². The molecule has 0 aliphatic heterocycles. The average molecular weight is 681 g/mol. The molecule has 0 bridgehead atoms. The van der Waals surface area contributed by atoms with E-state index in [1.54, 1.807) is 0 Å². The Hall–Kier alpha value is -6.85. The van der Waals surface area contributed by atoms with Crippen LogP contribution in [-0.2, 0) is 5.41 Å². The summed E-state index contributed by atoms with van der Waals surface area (Å²) in [6, 6.07) is 55.3. The molecule has 0 unspecified atom stereocenters. The number of hydrogen-bond acceptors (Lipinski definition) is 4. The van der Waals surface area contributed by atoms with Crippen LogP contribution >= 0.6 is 0 Å². The van der Waals surface area contributed by atoms with Crippen LogP contribution < -0.4 is 0 Å². The minimum absolute atomic E-state index is 0.161. The zero-order valence-electron chi connectivity index (χ0n) is 29.2. The molecule has 5 nitrogen and oxygen atoms in total. The summed E-state index contributed by atoms with van der Waals surface area (Å²) in [7, 11) is 0. The van der Waals surface area contributed by atoms with Gasteiger partial charge in [-0.2, -0.15) is 9.97 Å². The maximum Gasteiger partial charge on any atom is 0.238 e.